The lowest BCUT2D eigenvalue weighted by Gasteiger charge is -2.09. The lowest BCUT2D eigenvalue weighted by molar-refractivity contribution is 0.0938. The molecule has 0 aromatic carbocycles. The molecule has 7 heteroatoms. The highest BCUT2D eigenvalue weighted by atomic mass is 16.1. The Morgan fingerprint density at radius 3 is 3.00 bits per heavy atom. The van der Waals surface area contributed by atoms with Crippen molar-refractivity contribution in [2.75, 3.05) is 0 Å². The van der Waals surface area contributed by atoms with Crippen LogP contribution in [0.5, 0.6) is 0 Å². The van der Waals surface area contributed by atoms with Gasteiger partial charge in [0.05, 0.1) is 17.8 Å². The highest BCUT2D eigenvalue weighted by Gasteiger charge is 2.13. The first-order valence-electron chi connectivity index (χ1n) is 4.42. The molecule has 0 saturated heterocycles. The predicted octanol–water partition coefficient (Wildman–Crippen LogP) is 0.0188. The molecule has 15 heavy (non-hydrogen) atoms. The molecule has 0 fully saturated rings. The van der Waals surface area contributed by atoms with Crippen molar-refractivity contribution in [2.24, 2.45) is 0 Å². The van der Waals surface area contributed by atoms with E-state index in [0.717, 1.165) is 0 Å². The van der Waals surface area contributed by atoms with Crippen LogP contribution in [0.25, 0.3) is 0 Å². The SMILES string of the molecule is CC(NC(=O)c1cn[nH]c1)c1ncn[nH]1. The zero-order valence-electron chi connectivity index (χ0n) is 8.06. The molecule has 1 amide bonds. The van der Waals surface area contributed by atoms with E-state index in [0.29, 0.717) is 11.4 Å². The number of hydrogen-bond donors (Lipinski definition) is 3. The molecular formula is C8H10N6O. The molecule has 2 rings (SSSR count). The van der Waals surface area contributed by atoms with Crippen LogP contribution in [0.3, 0.4) is 0 Å². The van der Waals surface area contributed by atoms with Gasteiger partial charge in [-0.25, -0.2) is 4.98 Å². The average Bonchev–Trinajstić information content (AvgIpc) is 2.91. The van der Waals surface area contributed by atoms with Crippen molar-refractivity contribution in [3.63, 3.8) is 0 Å². The number of rotatable bonds is 3. The smallest absolute Gasteiger partial charge is 0.255 e. The third-order valence-electron chi connectivity index (χ3n) is 1.95. The van der Waals surface area contributed by atoms with Gasteiger partial charge in [0.1, 0.15) is 12.2 Å². The summed E-state index contributed by atoms with van der Waals surface area (Å²) in [5, 5.41) is 15.4. The predicted molar refractivity (Wildman–Crippen MR) is 50.9 cm³/mol. The van der Waals surface area contributed by atoms with Crippen LogP contribution >= 0.6 is 0 Å². The first kappa shape index (κ1) is 9.38. The first-order chi connectivity index (χ1) is 7.27. The molecule has 0 aliphatic carbocycles. The number of amides is 1. The van der Waals surface area contributed by atoms with E-state index in [2.05, 4.69) is 30.7 Å². The van der Waals surface area contributed by atoms with Crippen LogP contribution in [-0.2, 0) is 0 Å². The van der Waals surface area contributed by atoms with Gasteiger partial charge in [0.15, 0.2) is 0 Å². The lowest BCUT2D eigenvalue weighted by atomic mass is 10.2. The molecule has 0 saturated carbocycles. The molecule has 1 atom stereocenters. The summed E-state index contributed by atoms with van der Waals surface area (Å²) < 4.78 is 0. The van der Waals surface area contributed by atoms with Gasteiger partial charge in [0, 0.05) is 6.20 Å². The molecule has 0 aliphatic rings. The topological polar surface area (TPSA) is 99.3 Å². The summed E-state index contributed by atoms with van der Waals surface area (Å²) in [5.74, 6) is 0.416. The summed E-state index contributed by atoms with van der Waals surface area (Å²) in [7, 11) is 0. The molecule has 0 spiro atoms. The lowest BCUT2D eigenvalue weighted by Crippen LogP contribution is -2.27. The van der Waals surface area contributed by atoms with E-state index in [4.69, 9.17) is 0 Å². The van der Waals surface area contributed by atoms with Crippen LogP contribution < -0.4 is 5.32 Å². The number of nitrogens with zero attached hydrogens (tertiary/aromatic N) is 3. The summed E-state index contributed by atoms with van der Waals surface area (Å²) in [6.45, 7) is 1.82. The first-order valence-corrected chi connectivity index (χ1v) is 4.42. The Bertz CT molecular complexity index is 420. The van der Waals surface area contributed by atoms with E-state index in [1.807, 2.05) is 6.92 Å². The summed E-state index contributed by atoms with van der Waals surface area (Å²) >= 11 is 0. The van der Waals surface area contributed by atoms with Gasteiger partial charge < -0.3 is 5.32 Å². The van der Waals surface area contributed by atoms with Gasteiger partial charge in [-0.2, -0.15) is 10.2 Å². The number of nitrogens with one attached hydrogen (secondary N) is 3. The van der Waals surface area contributed by atoms with Gasteiger partial charge in [0.2, 0.25) is 0 Å². The van der Waals surface area contributed by atoms with Crippen LogP contribution in [0.15, 0.2) is 18.7 Å². The van der Waals surface area contributed by atoms with Gasteiger partial charge in [-0.3, -0.25) is 15.0 Å². The van der Waals surface area contributed by atoms with Crippen LogP contribution in [0.2, 0.25) is 0 Å². The Morgan fingerprint density at radius 1 is 1.53 bits per heavy atom. The number of H-pyrrole nitrogens is 2. The fourth-order valence-electron chi connectivity index (χ4n) is 1.15. The summed E-state index contributed by atoms with van der Waals surface area (Å²) in [6.07, 6.45) is 4.39. The number of carbonyl (C=O) groups is 1. The van der Waals surface area contributed by atoms with E-state index >= 15 is 0 Å². The van der Waals surface area contributed by atoms with Crippen molar-refractivity contribution in [1.29, 1.82) is 0 Å². The Morgan fingerprint density at radius 2 is 2.40 bits per heavy atom. The van der Waals surface area contributed by atoms with Crippen molar-refractivity contribution in [3.8, 4) is 0 Å². The van der Waals surface area contributed by atoms with Crippen molar-refractivity contribution >= 4 is 5.91 Å². The number of carbonyl (C=O) groups excluding carboxylic acids is 1. The van der Waals surface area contributed by atoms with Crippen molar-refractivity contribution in [3.05, 3.63) is 30.1 Å². The molecule has 2 heterocycles. The Hall–Kier alpha value is -2.18. The normalized spacial score (nSPS) is 12.3. The Labute approximate surface area is 85.3 Å². The second-order valence-electron chi connectivity index (χ2n) is 3.05. The standard InChI is InChI=1S/C8H10N6O/c1-5(7-9-4-12-14-7)13-8(15)6-2-10-11-3-6/h2-5H,1H3,(H,10,11)(H,13,15)(H,9,12,14). The van der Waals surface area contributed by atoms with E-state index < -0.39 is 0 Å². The van der Waals surface area contributed by atoms with Crippen molar-refractivity contribution in [1.82, 2.24) is 30.7 Å². The minimum atomic E-state index is -0.213. The fraction of sp³-hybridized carbons (Fsp3) is 0.250. The summed E-state index contributed by atoms with van der Waals surface area (Å²) in [5.41, 5.74) is 0.487. The van der Waals surface area contributed by atoms with Crippen LogP contribution in [-0.4, -0.2) is 31.3 Å². The minimum absolute atomic E-state index is 0.201. The highest BCUT2D eigenvalue weighted by Crippen LogP contribution is 2.05. The summed E-state index contributed by atoms with van der Waals surface area (Å²) in [6, 6.07) is -0.213. The molecule has 0 radical (unpaired) electrons. The highest BCUT2D eigenvalue weighted by molar-refractivity contribution is 5.93. The molecule has 0 aliphatic heterocycles. The van der Waals surface area contributed by atoms with Gasteiger partial charge in [-0.05, 0) is 6.92 Å². The molecule has 1 unspecified atom stereocenters. The molecule has 0 bridgehead atoms. The van der Waals surface area contributed by atoms with E-state index in [1.54, 1.807) is 0 Å². The monoisotopic (exact) mass is 206 g/mol. The Kier molecular flexibility index (Phi) is 2.44. The maximum Gasteiger partial charge on any atom is 0.255 e. The van der Waals surface area contributed by atoms with Crippen LogP contribution in [0, 0.1) is 0 Å². The van der Waals surface area contributed by atoms with E-state index in [9.17, 15) is 4.79 Å². The third kappa shape index (κ3) is 2.01. The zero-order valence-corrected chi connectivity index (χ0v) is 8.06. The van der Waals surface area contributed by atoms with E-state index in [-0.39, 0.29) is 11.9 Å². The molecule has 78 valence electrons. The number of aromatic nitrogens is 5. The molecular weight excluding hydrogens is 196 g/mol. The van der Waals surface area contributed by atoms with Gasteiger partial charge in [-0.1, -0.05) is 0 Å². The maximum atomic E-state index is 11.6. The number of hydrogen-bond acceptors (Lipinski definition) is 4. The second-order valence-corrected chi connectivity index (χ2v) is 3.05. The van der Waals surface area contributed by atoms with Gasteiger partial charge in [-0.15, -0.1) is 0 Å². The van der Waals surface area contributed by atoms with E-state index in [1.165, 1.54) is 18.7 Å². The van der Waals surface area contributed by atoms with Crippen molar-refractivity contribution < 1.29 is 4.79 Å². The Balaban J connectivity index is 2.01. The molecule has 3 N–H and O–H groups in total. The maximum absolute atomic E-state index is 11.6. The fourth-order valence-corrected chi connectivity index (χ4v) is 1.15. The summed E-state index contributed by atoms with van der Waals surface area (Å²) in [4.78, 5) is 15.5. The molecule has 2 aromatic heterocycles. The van der Waals surface area contributed by atoms with Crippen molar-refractivity contribution in [2.45, 2.75) is 13.0 Å². The van der Waals surface area contributed by atoms with Gasteiger partial charge in [0.25, 0.3) is 5.91 Å². The van der Waals surface area contributed by atoms with Crippen LogP contribution in [0.4, 0.5) is 0 Å². The molecule has 2 aromatic rings. The average molecular weight is 206 g/mol. The molecule has 7 nitrogen and oxygen atoms in total. The largest absolute Gasteiger partial charge is 0.342 e. The van der Waals surface area contributed by atoms with Crippen LogP contribution in [0.1, 0.15) is 29.1 Å². The zero-order chi connectivity index (χ0) is 10.7. The van der Waals surface area contributed by atoms with Gasteiger partial charge >= 0.3 is 0 Å². The quantitative estimate of drug-likeness (QED) is 0.659. The third-order valence-corrected chi connectivity index (χ3v) is 1.95. The number of aromatic amines is 2. The second kappa shape index (κ2) is 3.91. The minimum Gasteiger partial charge on any atom is -0.342 e.